The number of likely N-dealkylation sites (tertiary alicyclic amines) is 1. The second kappa shape index (κ2) is 9.88. The Labute approximate surface area is 206 Å². The Morgan fingerprint density at radius 1 is 1.08 bits per heavy atom. The number of nitrogens with one attached hydrogen (secondary N) is 2. The molecule has 1 saturated heterocycles. The minimum Gasteiger partial charge on any atom is -0.397 e. The minimum absolute atomic E-state index is 0.0578. The molecule has 0 atom stereocenters. The van der Waals surface area contributed by atoms with Gasteiger partial charge in [0, 0.05) is 36.6 Å². The van der Waals surface area contributed by atoms with Crippen molar-refractivity contribution >= 4 is 28.3 Å². The van der Waals surface area contributed by atoms with E-state index in [0.717, 1.165) is 62.3 Å². The Hall–Kier alpha value is -3.47. The molecule has 2 aliphatic rings. The van der Waals surface area contributed by atoms with Crippen LogP contribution in [0.15, 0.2) is 42.9 Å². The summed E-state index contributed by atoms with van der Waals surface area (Å²) < 4.78 is 39.3. The number of halogens is 3. The number of nitrogen functional groups attached to an aromatic ring is 1. The third kappa shape index (κ3) is 5.20. The van der Waals surface area contributed by atoms with Gasteiger partial charge in [-0.2, -0.15) is 13.2 Å². The van der Waals surface area contributed by atoms with E-state index >= 15 is 0 Å². The van der Waals surface area contributed by atoms with Gasteiger partial charge in [0.2, 0.25) is 5.91 Å². The van der Waals surface area contributed by atoms with Crippen LogP contribution in [-0.4, -0.2) is 57.5 Å². The van der Waals surface area contributed by atoms with Crippen molar-refractivity contribution in [1.82, 2.24) is 25.2 Å². The number of benzene rings is 1. The molecule has 190 valence electrons. The van der Waals surface area contributed by atoms with Gasteiger partial charge in [0.05, 0.1) is 35.0 Å². The number of carbonyl (C=O) groups excluding carboxylic acids is 1. The number of nitrogens with zero attached hydrogens (tertiary/aromatic N) is 4. The van der Waals surface area contributed by atoms with E-state index in [0.29, 0.717) is 17.5 Å². The molecule has 36 heavy (non-hydrogen) atoms. The van der Waals surface area contributed by atoms with Crippen LogP contribution < -0.4 is 16.4 Å². The SMILES string of the molecule is Nc1cccnc1[C@H]1CC[C@H](N2CC(NC(=O)CNc3ncnc4ccc(C(F)(F)F)cc34)C2)CC1. The highest BCUT2D eigenvalue weighted by Crippen LogP contribution is 2.37. The molecule has 1 aliphatic carbocycles. The number of carbonyl (C=O) groups is 1. The van der Waals surface area contributed by atoms with Gasteiger partial charge < -0.3 is 16.4 Å². The number of nitrogens with two attached hydrogens (primary N) is 1. The summed E-state index contributed by atoms with van der Waals surface area (Å²) in [5.41, 5.74) is 7.44. The first kappa shape index (κ1) is 24.2. The smallest absolute Gasteiger partial charge is 0.397 e. The number of hydrogen-bond acceptors (Lipinski definition) is 7. The fourth-order valence-electron chi connectivity index (χ4n) is 5.20. The van der Waals surface area contributed by atoms with Crippen LogP contribution >= 0.6 is 0 Å². The van der Waals surface area contributed by atoms with Crippen LogP contribution in [0.4, 0.5) is 24.7 Å². The van der Waals surface area contributed by atoms with Gasteiger partial charge in [-0.05, 0) is 56.0 Å². The number of aromatic nitrogens is 3. The second-order valence-electron chi connectivity index (χ2n) is 9.51. The number of rotatable bonds is 6. The van der Waals surface area contributed by atoms with Crippen molar-refractivity contribution in [2.45, 2.75) is 49.9 Å². The highest BCUT2D eigenvalue weighted by Gasteiger charge is 2.36. The lowest BCUT2D eigenvalue weighted by molar-refractivity contribution is -0.137. The maximum Gasteiger partial charge on any atom is 0.416 e. The van der Waals surface area contributed by atoms with Crippen LogP contribution in [0.25, 0.3) is 10.9 Å². The van der Waals surface area contributed by atoms with Gasteiger partial charge in [-0.1, -0.05) is 0 Å². The van der Waals surface area contributed by atoms with E-state index in [1.165, 1.54) is 12.4 Å². The van der Waals surface area contributed by atoms with E-state index in [1.807, 2.05) is 12.1 Å². The van der Waals surface area contributed by atoms with Crippen molar-refractivity contribution in [2.24, 2.45) is 0 Å². The summed E-state index contributed by atoms with van der Waals surface area (Å²) in [5, 5.41) is 6.07. The van der Waals surface area contributed by atoms with Crippen LogP contribution in [0.5, 0.6) is 0 Å². The Kier molecular flexibility index (Phi) is 6.65. The van der Waals surface area contributed by atoms with E-state index in [9.17, 15) is 18.0 Å². The van der Waals surface area contributed by atoms with Crippen LogP contribution in [0, 0.1) is 0 Å². The van der Waals surface area contributed by atoms with Crippen LogP contribution in [0.2, 0.25) is 0 Å². The lowest BCUT2D eigenvalue weighted by Crippen LogP contribution is -2.63. The van der Waals surface area contributed by atoms with E-state index in [2.05, 4.69) is 30.5 Å². The summed E-state index contributed by atoms with van der Waals surface area (Å²) >= 11 is 0. The van der Waals surface area contributed by atoms with Crippen LogP contribution in [-0.2, 0) is 11.0 Å². The standard InChI is InChI=1S/C25H28F3N7O/c26-25(27,28)16-5-8-21-19(10-16)24(33-14-32-21)31-11-22(36)34-17-12-35(13-17)18-6-3-15(4-7-18)23-20(29)2-1-9-30-23/h1-2,5,8-10,14-15,17-18H,3-4,6-7,11-13,29H2,(H,34,36)(H,31,32,33)/t15-,18-. The molecular weight excluding hydrogens is 471 g/mol. The summed E-state index contributed by atoms with van der Waals surface area (Å²) in [7, 11) is 0. The maximum absolute atomic E-state index is 13.1. The van der Waals surface area contributed by atoms with Crippen molar-refractivity contribution in [3.8, 4) is 0 Å². The third-order valence-electron chi connectivity index (χ3n) is 7.12. The zero-order valence-electron chi connectivity index (χ0n) is 19.6. The highest BCUT2D eigenvalue weighted by molar-refractivity contribution is 5.91. The van der Waals surface area contributed by atoms with Crippen molar-refractivity contribution in [2.75, 3.05) is 30.7 Å². The van der Waals surface area contributed by atoms with Gasteiger partial charge in [0.25, 0.3) is 0 Å². The van der Waals surface area contributed by atoms with Crippen molar-refractivity contribution in [3.63, 3.8) is 0 Å². The van der Waals surface area contributed by atoms with Gasteiger partial charge in [0.1, 0.15) is 12.1 Å². The number of amides is 1. The van der Waals surface area contributed by atoms with Gasteiger partial charge in [-0.15, -0.1) is 0 Å². The molecular formula is C25H28F3N7O. The Balaban J connectivity index is 1.09. The predicted molar refractivity (Wildman–Crippen MR) is 130 cm³/mol. The summed E-state index contributed by atoms with van der Waals surface area (Å²) in [5.74, 6) is 0.366. The summed E-state index contributed by atoms with van der Waals surface area (Å²) in [6, 6.07) is 7.58. The molecule has 2 aromatic heterocycles. The quantitative estimate of drug-likeness (QED) is 0.476. The molecule has 0 spiro atoms. The number of anilines is 2. The minimum atomic E-state index is -4.47. The van der Waals surface area contributed by atoms with E-state index in [4.69, 9.17) is 5.73 Å². The molecule has 1 saturated carbocycles. The molecule has 4 N–H and O–H groups in total. The van der Waals surface area contributed by atoms with Crippen molar-refractivity contribution < 1.29 is 18.0 Å². The van der Waals surface area contributed by atoms with Crippen molar-refractivity contribution in [3.05, 3.63) is 54.1 Å². The first-order valence-electron chi connectivity index (χ1n) is 12.1. The first-order chi connectivity index (χ1) is 17.3. The maximum atomic E-state index is 13.1. The summed E-state index contributed by atoms with van der Waals surface area (Å²) in [6.45, 7) is 1.49. The Bertz CT molecular complexity index is 1240. The topological polar surface area (TPSA) is 109 Å². The average molecular weight is 500 g/mol. The van der Waals surface area contributed by atoms with Crippen LogP contribution in [0.1, 0.15) is 42.9 Å². The summed E-state index contributed by atoms with van der Waals surface area (Å²) in [6.07, 6.45) is 2.82. The molecule has 5 rings (SSSR count). The fourth-order valence-corrected chi connectivity index (χ4v) is 5.20. The lowest BCUT2D eigenvalue weighted by Gasteiger charge is -2.46. The number of alkyl halides is 3. The molecule has 1 aromatic carbocycles. The van der Waals surface area contributed by atoms with Gasteiger partial charge >= 0.3 is 6.18 Å². The molecule has 8 nitrogen and oxygen atoms in total. The normalized spacial score (nSPS) is 21.2. The van der Waals surface area contributed by atoms with Crippen LogP contribution in [0.3, 0.4) is 0 Å². The second-order valence-corrected chi connectivity index (χ2v) is 9.51. The first-order valence-corrected chi connectivity index (χ1v) is 12.1. The summed E-state index contributed by atoms with van der Waals surface area (Å²) in [4.78, 5) is 27.4. The molecule has 1 amide bonds. The molecule has 3 aromatic rings. The number of pyridine rings is 1. The average Bonchev–Trinajstić information content (AvgIpc) is 2.84. The fraction of sp³-hybridized carbons (Fsp3) is 0.440. The monoisotopic (exact) mass is 499 g/mol. The molecule has 3 heterocycles. The predicted octanol–water partition coefficient (Wildman–Crippen LogP) is 3.56. The van der Waals surface area contributed by atoms with Crippen molar-refractivity contribution in [1.29, 1.82) is 0 Å². The number of hydrogen-bond donors (Lipinski definition) is 3. The Morgan fingerprint density at radius 2 is 1.86 bits per heavy atom. The lowest BCUT2D eigenvalue weighted by atomic mass is 9.81. The zero-order valence-corrected chi connectivity index (χ0v) is 19.6. The highest BCUT2D eigenvalue weighted by atomic mass is 19.4. The van der Waals surface area contributed by atoms with E-state index in [-0.39, 0.29) is 29.7 Å². The van der Waals surface area contributed by atoms with E-state index < -0.39 is 11.7 Å². The molecule has 0 bridgehead atoms. The molecule has 0 unspecified atom stereocenters. The van der Waals surface area contributed by atoms with Gasteiger partial charge in [-0.3, -0.25) is 14.7 Å². The van der Waals surface area contributed by atoms with Gasteiger partial charge in [-0.25, -0.2) is 9.97 Å². The van der Waals surface area contributed by atoms with E-state index in [1.54, 1.807) is 6.20 Å². The molecule has 11 heteroatoms. The Morgan fingerprint density at radius 3 is 2.58 bits per heavy atom. The molecule has 1 aliphatic heterocycles. The zero-order chi connectivity index (χ0) is 25.3. The molecule has 0 radical (unpaired) electrons. The largest absolute Gasteiger partial charge is 0.416 e. The van der Waals surface area contributed by atoms with Gasteiger partial charge in [0.15, 0.2) is 0 Å². The third-order valence-corrected chi connectivity index (χ3v) is 7.12. The molecule has 2 fully saturated rings. The number of fused-ring (bicyclic) bond motifs is 1.